The molecule has 1 aliphatic heterocycles. The van der Waals surface area contributed by atoms with E-state index in [0.717, 1.165) is 0 Å². The number of ether oxygens (including phenoxy) is 1. The number of aliphatic carboxylic acids is 1. The van der Waals surface area contributed by atoms with Gasteiger partial charge in [-0.2, -0.15) is 17.4 Å². The largest absolute Gasteiger partial charge is 0.481 e. The summed E-state index contributed by atoms with van der Waals surface area (Å²) in [4.78, 5) is 11.0. The Balaban J connectivity index is 2.74. The van der Waals surface area contributed by atoms with Crippen molar-refractivity contribution in [3.63, 3.8) is 0 Å². The van der Waals surface area contributed by atoms with Gasteiger partial charge in [0.05, 0.1) is 18.1 Å². The summed E-state index contributed by atoms with van der Waals surface area (Å²) in [5.74, 6) is -1.58. The van der Waals surface area contributed by atoms with Gasteiger partial charge in [-0.25, -0.2) is 0 Å². The maximum absolute atomic E-state index is 12.2. The van der Waals surface area contributed by atoms with Crippen LogP contribution >= 0.6 is 0 Å². The maximum atomic E-state index is 12.2. The molecule has 112 valence electrons. The van der Waals surface area contributed by atoms with Crippen LogP contribution in [0.15, 0.2) is 0 Å². The first kappa shape index (κ1) is 16.4. The summed E-state index contributed by atoms with van der Waals surface area (Å²) < 4.78 is 33.1. The Bertz CT molecular complexity index is 421. The summed E-state index contributed by atoms with van der Waals surface area (Å²) in [6.07, 6.45) is 1.07. The molecule has 1 rings (SSSR count). The Morgan fingerprint density at radius 2 is 2.16 bits per heavy atom. The average molecular weight is 294 g/mol. The number of carbonyl (C=O) groups is 1. The molecule has 1 aliphatic rings. The van der Waals surface area contributed by atoms with Gasteiger partial charge >= 0.3 is 5.97 Å². The lowest BCUT2D eigenvalue weighted by Gasteiger charge is -2.33. The smallest absolute Gasteiger partial charge is 0.307 e. The number of hydrogen-bond donors (Lipinski definition) is 2. The Morgan fingerprint density at radius 3 is 2.68 bits per heavy atom. The number of carboxylic acids is 1. The van der Waals surface area contributed by atoms with Gasteiger partial charge in [0.25, 0.3) is 10.2 Å². The number of nitrogens with zero attached hydrogens (tertiary/aromatic N) is 1. The van der Waals surface area contributed by atoms with Gasteiger partial charge in [0.1, 0.15) is 0 Å². The number of hydrogen-bond acceptors (Lipinski definition) is 4. The zero-order chi connectivity index (χ0) is 14.7. The minimum atomic E-state index is -3.69. The summed E-state index contributed by atoms with van der Waals surface area (Å²) >= 11 is 0. The van der Waals surface area contributed by atoms with Gasteiger partial charge in [-0.3, -0.25) is 4.79 Å². The molecule has 7 nitrogen and oxygen atoms in total. The molecule has 1 atom stereocenters. The van der Waals surface area contributed by atoms with E-state index >= 15 is 0 Å². The van der Waals surface area contributed by atoms with Crippen LogP contribution < -0.4 is 4.72 Å². The Kier molecular flexibility index (Phi) is 5.31. The van der Waals surface area contributed by atoms with E-state index in [2.05, 4.69) is 4.72 Å². The first-order chi connectivity index (χ1) is 8.68. The maximum Gasteiger partial charge on any atom is 0.307 e. The zero-order valence-corrected chi connectivity index (χ0v) is 12.4. The molecule has 0 aromatic carbocycles. The average Bonchev–Trinajstić information content (AvgIpc) is 2.27. The quantitative estimate of drug-likeness (QED) is 0.721. The first-order valence-corrected chi connectivity index (χ1v) is 7.63. The number of rotatable bonds is 6. The van der Waals surface area contributed by atoms with E-state index in [1.54, 1.807) is 13.8 Å². The van der Waals surface area contributed by atoms with E-state index in [1.165, 1.54) is 11.4 Å². The van der Waals surface area contributed by atoms with E-state index in [4.69, 9.17) is 9.84 Å². The fourth-order valence-corrected chi connectivity index (χ4v) is 3.80. The lowest BCUT2D eigenvalue weighted by molar-refractivity contribution is -0.142. The lowest BCUT2D eigenvalue weighted by atomic mass is 10.0. The standard InChI is InChI=1S/C11H22N2O5S/c1-11(2,8-18-3)12-19(16,17)13-6-4-5-9(7-13)10(14)15/h9,12H,4-8H2,1-3H3,(H,14,15). The summed E-state index contributed by atoms with van der Waals surface area (Å²) in [5, 5.41) is 8.98. The van der Waals surface area contributed by atoms with E-state index in [1.807, 2.05) is 0 Å². The van der Waals surface area contributed by atoms with Crippen LogP contribution in [-0.2, 0) is 19.7 Å². The zero-order valence-electron chi connectivity index (χ0n) is 11.5. The van der Waals surface area contributed by atoms with Crippen LogP contribution in [0.5, 0.6) is 0 Å². The summed E-state index contributed by atoms with van der Waals surface area (Å²) in [7, 11) is -2.19. The van der Waals surface area contributed by atoms with Crippen LogP contribution in [0.25, 0.3) is 0 Å². The second-order valence-electron chi connectivity index (χ2n) is 5.46. The van der Waals surface area contributed by atoms with Gasteiger partial charge in [-0.05, 0) is 26.7 Å². The highest BCUT2D eigenvalue weighted by atomic mass is 32.2. The normalized spacial score (nSPS) is 22.4. The number of nitrogens with one attached hydrogen (secondary N) is 1. The van der Waals surface area contributed by atoms with Crippen molar-refractivity contribution in [2.45, 2.75) is 32.2 Å². The van der Waals surface area contributed by atoms with Gasteiger partial charge in [0, 0.05) is 20.2 Å². The molecule has 0 spiro atoms. The highest BCUT2D eigenvalue weighted by molar-refractivity contribution is 7.87. The van der Waals surface area contributed by atoms with Crippen molar-refractivity contribution in [2.75, 3.05) is 26.8 Å². The molecule has 0 aromatic rings. The summed E-state index contributed by atoms with van der Waals surface area (Å²) in [6.45, 7) is 4.04. The minimum absolute atomic E-state index is 0.0216. The Morgan fingerprint density at radius 1 is 1.53 bits per heavy atom. The molecule has 0 bridgehead atoms. The minimum Gasteiger partial charge on any atom is -0.481 e. The molecule has 0 saturated carbocycles. The van der Waals surface area contributed by atoms with E-state index in [-0.39, 0.29) is 13.2 Å². The molecule has 1 saturated heterocycles. The van der Waals surface area contributed by atoms with Crippen molar-refractivity contribution in [3.05, 3.63) is 0 Å². The van der Waals surface area contributed by atoms with Crippen LogP contribution in [-0.4, -0.2) is 56.1 Å². The topological polar surface area (TPSA) is 95.9 Å². The third kappa shape index (κ3) is 4.72. The van der Waals surface area contributed by atoms with Gasteiger partial charge in [0.2, 0.25) is 0 Å². The first-order valence-electron chi connectivity index (χ1n) is 6.19. The van der Waals surface area contributed by atoms with Gasteiger partial charge in [0.15, 0.2) is 0 Å². The molecule has 19 heavy (non-hydrogen) atoms. The predicted molar refractivity (Wildman–Crippen MR) is 69.9 cm³/mol. The fourth-order valence-electron chi connectivity index (χ4n) is 2.17. The summed E-state index contributed by atoms with van der Waals surface area (Å²) in [6, 6.07) is 0. The van der Waals surface area contributed by atoms with Crippen LogP contribution in [0.4, 0.5) is 0 Å². The van der Waals surface area contributed by atoms with Gasteiger partial charge < -0.3 is 9.84 Å². The predicted octanol–water partition coefficient (Wildman–Crippen LogP) is 0.0424. The van der Waals surface area contributed by atoms with Crippen molar-refractivity contribution < 1.29 is 23.1 Å². The number of carboxylic acid groups (broad SMARTS) is 1. The van der Waals surface area contributed by atoms with Gasteiger partial charge in [-0.1, -0.05) is 0 Å². The monoisotopic (exact) mass is 294 g/mol. The van der Waals surface area contributed by atoms with Gasteiger partial charge in [-0.15, -0.1) is 0 Å². The summed E-state index contributed by atoms with van der Waals surface area (Å²) in [5.41, 5.74) is -0.732. The second-order valence-corrected chi connectivity index (χ2v) is 7.13. The van der Waals surface area contributed by atoms with E-state index < -0.39 is 27.6 Å². The molecule has 1 fully saturated rings. The highest BCUT2D eigenvalue weighted by Gasteiger charge is 2.35. The van der Waals surface area contributed by atoms with E-state index in [9.17, 15) is 13.2 Å². The molecule has 8 heteroatoms. The highest BCUT2D eigenvalue weighted by Crippen LogP contribution is 2.20. The lowest BCUT2D eigenvalue weighted by Crippen LogP contribution is -2.54. The number of piperidine rings is 1. The molecule has 0 amide bonds. The molecule has 0 aliphatic carbocycles. The molecule has 0 aromatic heterocycles. The third-order valence-corrected chi connectivity index (χ3v) is 4.81. The third-order valence-electron chi connectivity index (χ3n) is 2.98. The molecule has 1 unspecified atom stereocenters. The van der Waals surface area contributed by atoms with E-state index in [0.29, 0.717) is 19.4 Å². The van der Waals surface area contributed by atoms with Crippen molar-refractivity contribution in [1.82, 2.24) is 9.03 Å². The van der Waals surface area contributed by atoms with Crippen LogP contribution in [0.2, 0.25) is 0 Å². The van der Waals surface area contributed by atoms with Crippen LogP contribution in [0, 0.1) is 5.92 Å². The van der Waals surface area contributed by atoms with Crippen molar-refractivity contribution in [1.29, 1.82) is 0 Å². The Hall–Kier alpha value is -0.700. The van der Waals surface area contributed by atoms with Crippen molar-refractivity contribution in [2.24, 2.45) is 5.92 Å². The molecule has 1 heterocycles. The Labute approximate surface area is 114 Å². The van der Waals surface area contributed by atoms with Crippen molar-refractivity contribution >= 4 is 16.2 Å². The number of methoxy groups -OCH3 is 1. The van der Waals surface area contributed by atoms with Crippen LogP contribution in [0.3, 0.4) is 0 Å². The molecular formula is C11H22N2O5S. The molecule has 0 radical (unpaired) electrons. The second kappa shape index (κ2) is 6.17. The fraction of sp³-hybridized carbons (Fsp3) is 0.909. The van der Waals surface area contributed by atoms with Crippen molar-refractivity contribution in [3.8, 4) is 0 Å². The molecular weight excluding hydrogens is 272 g/mol. The SMILES string of the molecule is COCC(C)(C)NS(=O)(=O)N1CCCC(C(=O)O)C1. The van der Waals surface area contributed by atoms with Crippen LogP contribution in [0.1, 0.15) is 26.7 Å². The molecule has 2 N–H and O–H groups in total.